The van der Waals surface area contributed by atoms with Crippen LogP contribution >= 0.6 is 34.7 Å². The molecule has 1 aliphatic rings. The third kappa shape index (κ3) is 3.87. The molecule has 0 aliphatic carbocycles. The van der Waals surface area contributed by atoms with Crippen molar-refractivity contribution in [3.63, 3.8) is 0 Å². The number of thiazole rings is 1. The SMILES string of the molecule is CSc1ncc2c(n1)CCN(Cc1csc(-c3ccc(Cl)cc3)n1)C2. The van der Waals surface area contributed by atoms with Crippen LogP contribution in [0.25, 0.3) is 10.6 Å². The van der Waals surface area contributed by atoms with Gasteiger partial charge in [-0.05, 0) is 18.4 Å². The highest BCUT2D eigenvalue weighted by atomic mass is 35.5. The minimum atomic E-state index is 0.749. The molecule has 0 unspecified atom stereocenters. The van der Waals surface area contributed by atoms with Crippen LogP contribution in [0.2, 0.25) is 5.02 Å². The minimum absolute atomic E-state index is 0.749. The van der Waals surface area contributed by atoms with E-state index < -0.39 is 0 Å². The van der Waals surface area contributed by atoms with Crippen LogP contribution in [-0.4, -0.2) is 32.7 Å². The zero-order valence-corrected chi connectivity index (χ0v) is 16.2. The Balaban J connectivity index is 1.45. The molecular formula is C18H17ClN4S2. The lowest BCUT2D eigenvalue weighted by Crippen LogP contribution is -2.31. The number of thioether (sulfide) groups is 1. The number of halogens is 1. The monoisotopic (exact) mass is 388 g/mol. The first kappa shape index (κ1) is 17.0. The van der Waals surface area contributed by atoms with Gasteiger partial charge in [0.2, 0.25) is 0 Å². The van der Waals surface area contributed by atoms with Crippen molar-refractivity contribution in [2.24, 2.45) is 0 Å². The summed E-state index contributed by atoms with van der Waals surface area (Å²) in [5, 5.41) is 4.79. The smallest absolute Gasteiger partial charge is 0.187 e. The van der Waals surface area contributed by atoms with Crippen LogP contribution in [-0.2, 0) is 19.5 Å². The summed E-state index contributed by atoms with van der Waals surface area (Å²) in [6, 6.07) is 7.84. The van der Waals surface area contributed by atoms with Crippen LogP contribution in [0.1, 0.15) is 17.0 Å². The summed E-state index contributed by atoms with van der Waals surface area (Å²) in [6.07, 6.45) is 4.96. The molecule has 128 valence electrons. The van der Waals surface area contributed by atoms with Gasteiger partial charge in [0.1, 0.15) is 5.01 Å². The number of rotatable bonds is 4. The van der Waals surface area contributed by atoms with Gasteiger partial charge in [-0.15, -0.1) is 11.3 Å². The fourth-order valence-electron chi connectivity index (χ4n) is 2.92. The number of hydrogen-bond donors (Lipinski definition) is 0. The van der Waals surface area contributed by atoms with Gasteiger partial charge in [-0.25, -0.2) is 15.0 Å². The van der Waals surface area contributed by atoms with Crippen molar-refractivity contribution in [3.05, 3.63) is 57.8 Å². The number of nitrogens with zero attached hydrogens (tertiary/aromatic N) is 4. The van der Waals surface area contributed by atoms with Crippen LogP contribution in [0.4, 0.5) is 0 Å². The van der Waals surface area contributed by atoms with E-state index in [0.29, 0.717) is 0 Å². The normalized spacial score (nSPS) is 14.5. The molecule has 4 nitrogen and oxygen atoms in total. The van der Waals surface area contributed by atoms with Gasteiger partial charge in [-0.3, -0.25) is 4.90 Å². The summed E-state index contributed by atoms with van der Waals surface area (Å²) in [5.41, 5.74) is 4.65. The van der Waals surface area contributed by atoms with Crippen molar-refractivity contribution in [3.8, 4) is 10.6 Å². The number of aromatic nitrogens is 3. The van der Waals surface area contributed by atoms with Crippen molar-refractivity contribution < 1.29 is 0 Å². The average molecular weight is 389 g/mol. The van der Waals surface area contributed by atoms with Gasteiger partial charge in [-0.1, -0.05) is 35.5 Å². The second-order valence-electron chi connectivity index (χ2n) is 5.94. The minimum Gasteiger partial charge on any atom is -0.293 e. The Labute approximate surface area is 160 Å². The first-order valence-electron chi connectivity index (χ1n) is 8.03. The van der Waals surface area contributed by atoms with Gasteiger partial charge in [0, 0.05) is 53.8 Å². The fourth-order valence-corrected chi connectivity index (χ4v) is 4.23. The Kier molecular flexibility index (Phi) is 5.03. The van der Waals surface area contributed by atoms with Crippen molar-refractivity contribution in [2.45, 2.75) is 24.7 Å². The number of hydrogen-bond acceptors (Lipinski definition) is 6. The molecule has 2 aromatic heterocycles. The lowest BCUT2D eigenvalue weighted by molar-refractivity contribution is 0.240. The van der Waals surface area contributed by atoms with Gasteiger partial charge >= 0.3 is 0 Å². The van der Waals surface area contributed by atoms with Crippen molar-refractivity contribution in [1.29, 1.82) is 0 Å². The quantitative estimate of drug-likeness (QED) is 0.485. The predicted molar refractivity (Wildman–Crippen MR) is 104 cm³/mol. The van der Waals surface area contributed by atoms with E-state index in [4.69, 9.17) is 16.6 Å². The molecule has 0 bridgehead atoms. The molecule has 4 rings (SSSR count). The predicted octanol–water partition coefficient (Wildman–Crippen LogP) is 4.53. The molecule has 0 amide bonds. The highest BCUT2D eigenvalue weighted by molar-refractivity contribution is 7.98. The molecule has 0 radical (unpaired) electrons. The summed E-state index contributed by atoms with van der Waals surface area (Å²) < 4.78 is 0. The summed E-state index contributed by atoms with van der Waals surface area (Å²) in [7, 11) is 0. The van der Waals surface area contributed by atoms with Crippen molar-refractivity contribution >= 4 is 34.7 Å². The van der Waals surface area contributed by atoms with E-state index in [1.165, 1.54) is 11.3 Å². The van der Waals surface area contributed by atoms with E-state index in [1.54, 1.807) is 23.1 Å². The van der Waals surface area contributed by atoms with Crippen molar-refractivity contribution in [2.75, 3.05) is 12.8 Å². The fraction of sp³-hybridized carbons (Fsp3) is 0.278. The standard InChI is InChI=1S/C18H17ClN4S2/c1-24-18-20-8-13-9-23(7-6-16(13)22-18)10-15-11-25-17(21-15)12-2-4-14(19)5-3-12/h2-5,8,11H,6-7,9-10H2,1H3. The highest BCUT2D eigenvalue weighted by Crippen LogP contribution is 2.26. The lowest BCUT2D eigenvalue weighted by Gasteiger charge is -2.27. The summed E-state index contributed by atoms with van der Waals surface area (Å²) in [6.45, 7) is 2.75. The van der Waals surface area contributed by atoms with Crippen LogP contribution in [0.5, 0.6) is 0 Å². The van der Waals surface area contributed by atoms with E-state index in [9.17, 15) is 0 Å². The molecule has 1 aliphatic heterocycles. The molecule has 0 spiro atoms. The Bertz CT molecular complexity index is 879. The molecule has 3 aromatic rings. The molecule has 0 fully saturated rings. The van der Waals surface area contributed by atoms with Crippen LogP contribution in [0.3, 0.4) is 0 Å². The van der Waals surface area contributed by atoms with E-state index in [0.717, 1.165) is 52.5 Å². The topological polar surface area (TPSA) is 41.9 Å². The van der Waals surface area contributed by atoms with Gasteiger partial charge < -0.3 is 0 Å². The third-order valence-corrected chi connectivity index (χ3v) is 5.96. The molecule has 0 saturated carbocycles. The zero-order chi connectivity index (χ0) is 17.2. The zero-order valence-electron chi connectivity index (χ0n) is 13.8. The van der Waals surface area contributed by atoms with E-state index in [1.807, 2.05) is 36.7 Å². The first-order valence-corrected chi connectivity index (χ1v) is 10.5. The molecule has 0 saturated heterocycles. The van der Waals surface area contributed by atoms with Gasteiger partial charge in [0.05, 0.1) is 11.4 Å². The van der Waals surface area contributed by atoms with E-state index in [-0.39, 0.29) is 0 Å². The molecule has 0 atom stereocenters. The Hall–Kier alpha value is -1.47. The van der Waals surface area contributed by atoms with Crippen LogP contribution in [0.15, 0.2) is 41.0 Å². The molecule has 7 heteroatoms. The third-order valence-electron chi connectivity index (χ3n) is 4.20. The maximum Gasteiger partial charge on any atom is 0.187 e. The molecular weight excluding hydrogens is 372 g/mol. The van der Waals surface area contributed by atoms with E-state index >= 15 is 0 Å². The second kappa shape index (κ2) is 7.41. The summed E-state index contributed by atoms with van der Waals surface area (Å²) in [5.74, 6) is 0. The van der Waals surface area contributed by atoms with E-state index in [2.05, 4.69) is 20.2 Å². The summed E-state index contributed by atoms with van der Waals surface area (Å²) >= 11 is 9.23. The number of fused-ring (bicyclic) bond motifs is 1. The molecule has 25 heavy (non-hydrogen) atoms. The molecule has 0 N–H and O–H groups in total. The average Bonchev–Trinajstić information content (AvgIpc) is 3.10. The van der Waals surface area contributed by atoms with Gasteiger partial charge in [0.15, 0.2) is 5.16 Å². The van der Waals surface area contributed by atoms with Crippen LogP contribution < -0.4 is 0 Å². The number of benzene rings is 1. The van der Waals surface area contributed by atoms with Gasteiger partial charge in [0.25, 0.3) is 0 Å². The van der Waals surface area contributed by atoms with Crippen molar-refractivity contribution in [1.82, 2.24) is 19.9 Å². The van der Waals surface area contributed by atoms with Gasteiger partial charge in [-0.2, -0.15) is 0 Å². The maximum absolute atomic E-state index is 5.96. The Morgan fingerprint density at radius 3 is 2.88 bits per heavy atom. The molecule has 1 aromatic carbocycles. The maximum atomic E-state index is 5.96. The largest absolute Gasteiger partial charge is 0.293 e. The second-order valence-corrected chi connectivity index (χ2v) is 8.01. The Morgan fingerprint density at radius 2 is 2.08 bits per heavy atom. The Morgan fingerprint density at radius 1 is 1.24 bits per heavy atom. The summed E-state index contributed by atoms with van der Waals surface area (Å²) in [4.78, 5) is 16.2. The van der Waals surface area contributed by atoms with Crippen LogP contribution in [0, 0.1) is 0 Å². The first-order chi connectivity index (χ1) is 12.2. The highest BCUT2D eigenvalue weighted by Gasteiger charge is 2.19. The molecule has 3 heterocycles. The lowest BCUT2D eigenvalue weighted by atomic mass is 10.1.